The zero-order chi connectivity index (χ0) is 15.6. The molecule has 0 heterocycles. The maximum Gasteiger partial charge on any atom is 0.416 e. The molecule has 0 fully saturated rings. The van der Waals surface area contributed by atoms with E-state index in [4.69, 9.17) is 0 Å². The Morgan fingerprint density at radius 2 is 1.75 bits per heavy atom. The maximum absolute atomic E-state index is 12.5. The van der Waals surface area contributed by atoms with Crippen LogP contribution in [-0.2, 0) is 6.18 Å². The molecule has 1 N–H and O–H groups in total. The summed E-state index contributed by atoms with van der Waals surface area (Å²) in [5.41, 5.74) is 3.09. The van der Waals surface area contributed by atoms with Gasteiger partial charge in [-0.25, -0.2) is 0 Å². The first kappa shape index (κ1) is 16.8. The van der Waals surface area contributed by atoms with Crippen molar-refractivity contribution in [2.24, 2.45) is 0 Å². The smallest absolute Gasteiger partial charge is 0.383 e. The Labute approximate surface area is 118 Å². The highest BCUT2D eigenvalue weighted by atomic mass is 28.3. The molecule has 1 aromatic rings. The highest BCUT2D eigenvalue weighted by molar-refractivity contribution is 6.76. The minimum Gasteiger partial charge on any atom is -0.383 e. The molecule has 1 nitrogen and oxygen atoms in total. The molecule has 0 aliphatic rings. The minimum atomic E-state index is -4.36. The topological polar surface area (TPSA) is 20.2 Å². The molecule has 0 aliphatic heterocycles. The van der Waals surface area contributed by atoms with Crippen molar-refractivity contribution < 1.29 is 18.3 Å². The van der Waals surface area contributed by atoms with Gasteiger partial charge in [0.25, 0.3) is 0 Å². The standard InChI is InChI=1S/C15H19F3OSi/c1-5-11(10-20(2,3)4)14(19)12-6-8-13(9-7-12)15(16,17)18/h6-9,14,19H,1,10H2,2-4H3/t14-/m0/s1. The van der Waals surface area contributed by atoms with Gasteiger partial charge in [-0.05, 0) is 23.7 Å². The van der Waals surface area contributed by atoms with E-state index in [0.717, 1.165) is 12.1 Å². The molecule has 1 rings (SSSR count). The van der Waals surface area contributed by atoms with Crippen LogP contribution in [0.2, 0.25) is 25.7 Å². The van der Waals surface area contributed by atoms with Crippen LogP contribution in [0.4, 0.5) is 13.2 Å². The van der Waals surface area contributed by atoms with E-state index >= 15 is 0 Å². The Bertz CT molecular complexity index is 505. The lowest BCUT2D eigenvalue weighted by Gasteiger charge is -2.21. The Kier molecular flexibility index (Phi) is 5.03. The third-order valence-corrected chi connectivity index (χ3v) is 4.27. The molecule has 0 spiro atoms. The van der Waals surface area contributed by atoms with Crippen LogP contribution in [0.3, 0.4) is 0 Å². The number of alkyl halides is 3. The van der Waals surface area contributed by atoms with Crippen molar-refractivity contribution in [1.29, 1.82) is 0 Å². The van der Waals surface area contributed by atoms with Crippen LogP contribution in [0.15, 0.2) is 42.1 Å². The number of aliphatic hydroxyl groups is 1. The summed E-state index contributed by atoms with van der Waals surface area (Å²) in [6.07, 6.45) is -5.31. The van der Waals surface area contributed by atoms with E-state index in [2.05, 4.69) is 32.0 Å². The minimum absolute atomic E-state index is 0.433. The van der Waals surface area contributed by atoms with Gasteiger partial charge in [0.15, 0.2) is 0 Å². The van der Waals surface area contributed by atoms with Crippen LogP contribution >= 0.6 is 0 Å². The summed E-state index contributed by atoms with van der Waals surface area (Å²) < 4.78 is 37.5. The second kappa shape index (κ2) is 6.00. The average Bonchev–Trinajstić information content (AvgIpc) is 2.33. The number of aliphatic hydroxyl groups excluding tert-OH is 1. The molecule has 0 saturated carbocycles. The molecular formula is C15H19F3OSi. The van der Waals surface area contributed by atoms with E-state index in [0.29, 0.717) is 17.2 Å². The number of benzene rings is 1. The van der Waals surface area contributed by atoms with E-state index in [1.165, 1.54) is 12.1 Å². The molecule has 1 atom stereocenters. The monoisotopic (exact) mass is 300 g/mol. The summed E-state index contributed by atoms with van der Waals surface area (Å²) in [4.78, 5) is 0. The van der Waals surface area contributed by atoms with E-state index in [-0.39, 0.29) is 0 Å². The Morgan fingerprint density at radius 3 is 2.10 bits per heavy atom. The van der Waals surface area contributed by atoms with Crippen molar-refractivity contribution in [1.82, 2.24) is 0 Å². The maximum atomic E-state index is 12.5. The van der Waals surface area contributed by atoms with Crippen LogP contribution in [0.25, 0.3) is 0 Å². The SMILES string of the molecule is C=C=C(C[Si](C)(C)C)[C@H](O)c1ccc(C(F)(F)F)cc1. The lowest BCUT2D eigenvalue weighted by molar-refractivity contribution is -0.137. The summed E-state index contributed by atoms with van der Waals surface area (Å²) in [6.45, 7) is 10.00. The van der Waals surface area contributed by atoms with Crippen LogP contribution in [0, 0.1) is 0 Å². The number of halogens is 3. The first-order chi connectivity index (χ1) is 9.04. The summed E-state index contributed by atoms with van der Waals surface area (Å²) in [7, 11) is -1.46. The molecule has 0 bridgehead atoms. The Hall–Kier alpha value is -1.29. The number of hydrogen-bond donors (Lipinski definition) is 1. The number of hydrogen-bond acceptors (Lipinski definition) is 1. The molecule has 0 saturated heterocycles. The Balaban J connectivity index is 2.97. The second-order valence-electron chi connectivity index (χ2n) is 5.96. The van der Waals surface area contributed by atoms with Crippen molar-refractivity contribution in [2.75, 3.05) is 0 Å². The quantitative estimate of drug-likeness (QED) is 0.626. The van der Waals surface area contributed by atoms with Crippen LogP contribution < -0.4 is 0 Å². The summed E-state index contributed by atoms with van der Waals surface area (Å²) in [5.74, 6) is 0. The van der Waals surface area contributed by atoms with Gasteiger partial charge in [-0.3, -0.25) is 0 Å². The van der Waals surface area contributed by atoms with Gasteiger partial charge in [-0.2, -0.15) is 13.2 Å². The van der Waals surface area contributed by atoms with E-state index in [9.17, 15) is 18.3 Å². The zero-order valence-corrected chi connectivity index (χ0v) is 12.9. The molecule has 0 unspecified atom stereocenters. The number of rotatable bonds is 4. The van der Waals surface area contributed by atoms with Gasteiger partial charge in [0.05, 0.1) is 5.56 Å². The van der Waals surface area contributed by atoms with Crippen LogP contribution in [-0.4, -0.2) is 13.2 Å². The molecule has 0 radical (unpaired) electrons. The molecule has 0 aromatic heterocycles. The van der Waals surface area contributed by atoms with E-state index in [1.807, 2.05) is 0 Å². The molecule has 110 valence electrons. The molecule has 1 aromatic carbocycles. The summed E-state index contributed by atoms with van der Waals surface area (Å²) >= 11 is 0. The Morgan fingerprint density at radius 1 is 1.25 bits per heavy atom. The highest BCUT2D eigenvalue weighted by Gasteiger charge is 2.30. The molecule has 0 aliphatic carbocycles. The van der Waals surface area contributed by atoms with Crippen molar-refractivity contribution in [2.45, 2.75) is 38.0 Å². The normalized spacial score (nSPS) is 13.8. The lowest BCUT2D eigenvalue weighted by atomic mass is 10.0. The fourth-order valence-electron chi connectivity index (χ4n) is 1.88. The van der Waals surface area contributed by atoms with Crippen molar-refractivity contribution in [3.63, 3.8) is 0 Å². The van der Waals surface area contributed by atoms with Gasteiger partial charge < -0.3 is 5.11 Å². The summed E-state index contributed by atoms with van der Waals surface area (Å²) in [5, 5.41) is 10.2. The average molecular weight is 300 g/mol. The third kappa shape index (κ3) is 4.67. The fourth-order valence-corrected chi connectivity index (χ4v) is 3.34. The van der Waals surface area contributed by atoms with Crippen LogP contribution in [0.5, 0.6) is 0 Å². The van der Waals surface area contributed by atoms with E-state index in [1.54, 1.807) is 0 Å². The zero-order valence-electron chi connectivity index (χ0n) is 11.9. The fraction of sp³-hybridized carbons (Fsp3) is 0.400. The van der Waals surface area contributed by atoms with Crippen molar-refractivity contribution in [3.8, 4) is 0 Å². The van der Waals surface area contributed by atoms with Gasteiger partial charge >= 0.3 is 6.18 Å². The molecule has 5 heteroatoms. The van der Waals surface area contributed by atoms with Gasteiger partial charge in [-0.1, -0.05) is 38.4 Å². The third-order valence-electron chi connectivity index (χ3n) is 2.83. The highest BCUT2D eigenvalue weighted by Crippen LogP contribution is 2.32. The van der Waals surface area contributed by atoms with Gasteiger partial charge in [0.2, 0.25) is 0 Å². The van der Waals surface area contributed by atoms with Gasteiger partial charge in [0, 0.05) is 13.6 Å². The lowest BCUT2D eigenvalue weighted by Crippen LogP contribution is -2.21. The molecular weight excluding hydrogens is 281 g/mol. The van der Waals surface area contributed by atoms with Crippen molar-refractivity contribution >= 4 is 8.07 Å². The molecule has 20 heavy (non-hydrogen) atoms. The first-order valence-electron chi connectivity index (χ1n) is 6.28. The van der Waals surface area contributed by atoms with Gasteiger partial charge in [0.1, 0.15) is 6.10 Å². The van der Waals surface area contributed by atoms with Gasteiger partial charge in [-0.15, -0.1) is 5.73 Å². The van der Waals surface area contributed by atoms with Crippen LogP contribution in [0.1, 0.15) is 17.2 Å². The summed E-state index contributed by atoms with van der Waals surface area (Å²) in [6, 6.07) is 5.27. The van der Waals surface area contributed by atoms with E-state index < -0.39 is 25.9 Å². The largest absolute Gasteiger partial charge is 0.416 e. The predicted octanol–water partition coefficient (Wildman–Crippen LogP) is 4.79. The first-order valence-corrected chi connectivity index (χ1v) is 9.99. The molecule has 0 amide bonds. The second-order valence-corrected chi connectivity index (χ2v) is 11.4. The van der Waals surface area contributed by atoms with Crippen molar-refractivity contribution in [3.05, 3.63) is 53.3 Å². The predicted molar refractivity (Wildman–Crippen MR) is 77.2 cm³/mol.